The van der Waals surface area contributed by atoms with E-state index in [2.05, 4.69) is 5.32 Å². The number of halogens is 1. The topological polar surface area (TPSA) is 64.6 Å². The van der Waals surface area contributed by atoms with Crippen LogP contribution in [0.5, 0.6) is 5.75 Å². The van der Waals surface area contributed by atoms with Gasteiger partial charge in [-0.25, -0.2) is 9.18 Å². The molecule has 0 saturated carbocycles. The summed E-state index contributed by atoms with van der Waals surface area (Å²) in [7, 11) is 0. The van der Waals surface area contributed by atoms with E-state index in [9.17, 15) is 14.0 Å². The molecule has 0 aromatic heterocycles. The van der Waals surface area contributed by atoms with Crippen LogP contribution in [0.2, 0.25) is 0 Å². The van der Waals surface area contributed by atoms with E-state index in [1.54, 1.807) is 49.4 Å². The summed E-state index contributed by atoms with van der Waals surface area (Å²) in [5, 5.41) is 2.46. The molecule has 0 atom stereocenters. The molecule has 0 radical (unpaired) electrons. The van der Waals surface area contributed by atoms with Crippen molar-refractivity contribution >= 4 is 23.6 Å². The zero-order valence-electron chi connectivity index (χ0n) is 14.6. The van der Waals surface area contributed by atoms with E-state index in [1.807, 2.05) is 6.92 Å². The van der Waals surface area contributed by atoms with Crippen LogP contribution in [0.3, 0.4) is 0 Å². The van der Waals surface area contributed by atoms with E-state index in [-0.39, 0.29) is 0 Å². The van der Waals surface area contributed by atoms with Gasteiger partial charge in [0.05, 0.1) is 6.61 Å². The van der Waals surface area contributed by atoms with Crippen molar-refractivity contribution in [3.05, 3.63) is 65.5 Å². The molecule has 0 unspecified atom stereocenters. The minimum atomic E-state index is -0.649. The highest BCUT2D eigenvalue weighted by molar-refractivity contribution is 5.94. The third kappa shape index (κ3) is 6.05. The van der Waals surface area contributed by atoms with Gasteiger partial charge >= 0.3 is 5.97 Å². The Morgan fingerprint density at radius 1 is 1.15 bits per heavy atom. The van der Waals surface area contributed by atoms with E-state index in [0.29, 0.717) is 17.9 Å². The quantitative estimate of drug-likeness (QED) is 0.606. The van der Waals surface area contributed by atoms with E-state index >= 15 is 0 Å². The first-order valence-corrected chi connectivity index (χ1v) is 8.11. The van der Waals surface area contributed by atoms with Crippen molar-refractivity contribution in [1.29, 1.82) is 0 Å². The Balaban J connectivity index is 1.80. The average Bonchev–Trinajstić information content (AvgIpc) is 2.63. The largest absolute Gasteiger partial charge is 0.494 e. The number of ether oxygens (including phenoxy) is 2. The number of aryl methyl sites for hydroxylation is 1. The number of hydrogen-bond donors (Lipinski definition) is 1. The highest BCUT2D eigenvalue weighted by Crippen LogP contribution is 2.14. The molecule has 0 fully saturated rings. The zero-order valence-corrected chi connectivity index (χ0v) is 14.6. The second kappa shape index (κ2) is 9.36. The van der Waals surface area contributed by atoms with E-state index < -0.39 is 24.3 Å². The van der Waals surface area contributed by atoms with Crippen LogP contribution in [0, 0.1) is 12.7 Å². The van der Waals surface area contributed by atoms with Crippen molar-refractivity contribution in [2.24, 2.45) is 0 Å². The number of rotatable bonds is 7. The first-order valence-electron chi connectivity index (χ1n) is 8.11. The van der Waals surface area contributed by atoms with Gasteiger partial charge in [0.15, 0.2) is 6.61 Å². The Kier molecular flexibility index (Phi) is 6.91. The van der Waals surface area contributed by atoms with E-state index in [1.165, 1.54) is 12.1 Å². The zero-order chi connectivity index (χ0) is 18.9. The van der Waals surface area contributed by atoms with Crippen LogP contribution in [0.4, 0.5) is 10.1 Å². The molecule has 136 valence electrons. The summed E-state index contributed by atoms with van der Waals surface area (Å²) in [6, 6.07) is 11.5. The summed E-state index contributed by atoms with van der Waals surface area (Å²) in [6.45, 7) is 3.65. The Bertz CT molecular complexity index is 800. The third-order valence-corrected chi connectivity index (χ3v) is 3.40. The Morgan fingerprint density at radius 3 is 2.54 bits per heavy atom. The molecule has 2 rings (SSSR count). The predicted octanol–water partition coefficient (Wildman–Crippen LogP) is 3.73. The van der Waals surface area contributed by atoms with Crippen LogP contribution in [0.25, 0.3) is 6.08 Å². The van der Waals surface area contributed by atoms with Gasteiger partial charge in [-0.3, -0.25) is 4.79 Å². The maximum Gasteiger partial charge on any atom is 0.331 e. The standard InChI is InChI=1S/C20H20FNO4/c1-3-25-17-9-5-15(6-10-17)7-11-20(24)26-13-19(23)22-16-8-4-14(2)18(21)12-16/h4-12H,3,13H2,1-2H3,(H,22,23)/b11-7+. The van der Waals surface area contributed by atoms with Crippen LogP contribution < -0.4 is 10.1 Å². The van der Waals surface area contributed by atoms with Crippen LogP contribution in [-0.2, 0) is 14.3 Å². The molecule has 0 aliphatic rings. The summed E-state index contributed by atoms with van der Waals surface area (Å²) < 4.78 is 23.6. The minimum Gasteiger partial charge on any atom is -0.494 e. The minimum absolute atomic E-state index is 0.305. The van der Waals surface area contributed by atoms with Gasteiger partial charge in [-0.05, 0) is 55.3 Å². The Labute approximate surface area is 151 Å². The van der Waals surface area contributed by atoms with Crippen LogP contribution in [0.1, 0.15) is 18.1 Å². The maximum atomic E-state index is 13.4. The van der Waals surface area contributed by atoms with Gasteiger partial charge in [0.2, 0.25) is 0 Å². The number of benzene rings is 2. The third-order valence-electron chi connectivity index (χ3n) is 3.40. The highest BCUT2D eigenvalue weighted by Gasteiger charge is 2.07. The molecule has 1 amide bonds. The fourth-order valence-corrected chi connectivity index (χ4v) is 2.06. The molecule has 26 heavy (non-hydrogen) atoms. The first kappa shape index (κ1) is 19.2. The lowest BCUT2D eigenvalue weighted by atomic mass is 10.2. The molecule has 0 saturated heterocycles. The van der Waals surface area contributed by atoms with Crippen molar-refractivity contribution < 1.29 is 23.5 Å². The van der Waals surface area contributed by atoms with Gasteiger partial charge in [0.25, 0.3) is 5.91 Å². The second-order valence-corrected chi connectivity index (χ2v) is 5.46. The average molecular weight is 357 g/mol. The highest BCUT2D eigenvalue weighted by atomic mass is 19.1. The molecule has 2 aromatic rings. The predicted molar refractivity (Wildman–Crippen MR) is 97.4 cm³/mol. The van der Waals surface area contributed by atoms with Gasteiger partial charge in [0, 0.05) is 11.8 Å². The molecule has 0 bridgehead atoms. The van der Waals surface area contributed by atoms with Gasteiger partial charge in [-0.2, -0.15) is 0 Å². The smallest absolute Gasteiger partial charge is 0.331 e. The normalized spacial score (nSPS) is 10.6. The molecule has 2 aromatic carbocycles. The molecule has 0 heterocycles. The number of esters is 1. The first-order chi connectivity index (χ1) is 12.5. The monoisotopic (exact) mass is 357 g/mol. The lowest BCUT2D eigenvalue weighted by Gasteiger charge is -2.06. The van der Waals surface area contributed by atoms with Crippen LogP contribution in [0.15, 0.2) is 48.5 Å². The number of amides is 1. The van der Waals surface area contributed by atoms with E-state index in [0.717, 1.165) is 11.3 Å². The second-order valence-electron chi connectivity index (χ2n) is 5.46. The summed E-state index contributed by atoms with van der Waals surface area (Å²) in [5.41, 5.74) is 1.58. The SMILES string of the molecule is CCOc1ccc(/C=C/C(=O)OCC(=O)Nc2ccc(C)c(F)c2)cc1. The lowest BCUT2D eigenvalue weighted by molar-refractivity contribution is -0.142. The van der Waals surface area contributed by atoms with Gasteiger partial charge in [-0.1, -0.05) is 18.2 Å². The van der Waals surface area contributed by atoms with Crippen LogP contribution in [-0.4, -0.2) is 25.1 Å². The van der Waals surface area contributed by atoms with Crippen molar-refractivity contribution in [2.45, 2.75) is 13.8 Å². The van der Waals surface area contributed by atoms with Crippen LogP contribution >= 0.6 is 0 Å². The molecular formula is C20H20FNO4. The number of carbonyl (C=O) groups excluding carboxylic acids is 2. The van der Waals surface area contributed by atoms with Gasteiger partial charge in [-0.15, -0.1) is 0 Å². The van der Waals surface area contributed by atoms with Gasteiger partial charge in [0.1, 0.15) is 11.6 Å². The summed E-state index contributed by atoms with van der Waals surface area (Å²) >= 11 is 0. The van der Waals surface area contributed by atoms with Crippen molar-refractivity contribution in [1.82, 2.24) is 0 Å². The summed E-state index contributed by atoms with van der Waals surface area (Å²) in [6.07, 6.45) is 2.81. The number of carbonyl (C=O) groups is 2. The lowest BCUT2D eigenvalue weighted by Crippen LogP contribution is -2.20. The molecular weight excluding hydrogens is 337 g/mol. The molecule has 5 nitrogen and oxygen atoms in total. The molecule has 1 N–H and O–H groups in total. The van der Waals surface area contributed by atoms with Crippen molar-refractivity contribution in [2.75, 3.05) is 18.5 Å². The fourth-order valence-electron chi connectivity index (χ4n) is 2.06. The van der Waals surface area contributed by atoms with E-state index in [4.69, 9.17) is 9.47 Å². The molecule has 0 spiro atoms. The Morgan fingerprint density at radius 2 is 1.88 bits per heavy atom. The molecule has 0 aliphatic heterocycles. The molecule has 6 heteroatoms. The van der Waals surface area contributed by atoms with Crippen molar-refractivity contribution in [3.63, 3.8) is 0 Å². The van der Waals surface area contributed by atoms with Crippen molar-refractivity contribution in [3.8, 4) is 5.75 Å². The number of nitrogens with one attached hydrogen (secondary N) is 1. The summed E-state index contributed by atoms with van der Waals surface area (Å²) in [4.78, 5) is 23.4. The van der Waals surface area contributed by atoms with Gasteiger partial charge < -0.3 is 14.8 Å². The maximum absolute atomic E-state index is 13.4. The summed E-state index contributed by atoms with van der Waals surface area (Å²) in [5.74, 6) is -0.866. The number of hydrogen-bond acceptors (Lipinski definition) is 4. The number of anilines is 1. The fraction of sp³-hybridized carbons (Fsp3) is 0.200. The molecule has 0 aliphatic carbocycles. The Hall–Kier alpha value is -3.15.